The largest absolute Gasteiger partial charge is 0.495 e. The van der Waals surface area contributed by atoms with Crippen LogP contribution in [0.3, 0.4) is 0 Å². The lowest BCUT2D eigenvalue weighted by Gasteiger charge is -2.32. The van der Waals surface area contributed by atoms with Crippen LogP contribution in [0, 0.1) is 5.82 Å². The van der Waals surface area contributed by atoms with Crippen molar-refractivity contribution in [3.05, 3.63) is 41.4 Å². The molecule has 1 aliphatic rings. The average Bonchev–Trinajstić information content (AvgIpc) is 2.62. The van der Waals surface area contributed by atoms with Crippen LogP contribution in [0.1, 0.15) is 0 Å². The number of carbonyl (C=O) groups is 1. The average molecular weight is 401 g/mol. The summed E-state index contributed by atoms with van der Waals surface area (Å²) in [6.07, 6.45) is 1.89. The predicted octanol–water partition coefficient (Wildman–Crippen LogP) is 1.32. The third-order valence-corrected chi connectivity index (χ3v) is 5.93. The molecular weight excluding hydrogens is 387 g/mol. The van der Waals surface area contributed by atoms with Crippen molar-refractivity contribution in [1.82, 2.24) is 14.3 Å². The number of halogens is 2. The second kappa shape index (κ2) is 7.14. The first kappa shape index (κ1) is 18.5. The van der Waals surface area contributed by atoms with Gasteiger partial charge in [0, 0.05) is 13.1 Å². The van der Waals surface area contributed by atoms with E-state index in [0.717, 1.165) is 16.7 Å². The van der Waals surface area contributed by atoms with Crippen molar-refractivity contribution in [2.45, 2.75) is 4.90 Å². The highest BCUT2D eigenvalue weighted by molar-refractivity contribution is 7.89. The molecule has 0 atom stereocenters. The van der Waals surface area contributed by atoms with Crippen LogP contribution in [-0.4, -0.2) is 55.3 Å². The minimum Gasteiger partial charge on any atom is -0.495 e. The van der Waals surface area contributed by atoms with Crippen LogP contribution in [0.2, 0.25) is 5.02 Å². The van der Waals surface area contributed by atoms with Gasteiger partial charge >= 0.3 is 0 Å². The number of carbonyl (C=O) groups excluding carboxylic acids is 1. The fraction of sp³-hybridized carbons (Fsp3) is 0.267. The molecule has 0 saturated carbocycles. The number of sulfonamides is 1. The Morgan fingerprint density at radius 1 is 1.23 bits per heavy atom. The van der Waals surface area contributed by atoms with Crippen LogP contribution in [0.5, 0.6) is 5.75 Å². The quantitative estimate of drug-likeness (QED) is 0.768. The Morgan fingerprint density at radius 2 is 1.92 bits per heavy atom. The summed E-state index contributed by atoms with van der Waals surface area (Å²) < 4.78 is 44.5. The lowest BCUT2D eigenvalue weighted by Crippen LogP contribution is -2.52. The smallest absolute Gasteiger partial charge is 0.244 e. The number of amides is 1. The fourth-order valence-corrected chi connectivity index (χ4v) is 4.20. The molecule has 0 spiro atoms. The molecule has 3 rings (SSSR count). The SMILES string of the molecule is COc1ccc(S(=O)(=O)N2CCN(c3ncc(F)cn3)C(=O)C2)cc1Cl. The van der Waals surface area contributed by atoms with Crippen LogP contribution < -0.4 is 9.64 Å². The number of ether oxygens (including phenoxy) is 1. The van der Waals surface area contributed by atoms with Crippen LogP contribution >= 0.6 is 11.6 Å². The van der Waals surface area contributed by atoms with Gasteiger partial charge in [0.15, 0.2) is 5.82 Å². The van der Waals surface area contributed by atoms with Crippen molar-refractivity contribution in [3.63, 3.8) is 0 Å². The zero-order chi connectivity index (χ0) is 18.9. The van der Waals surface area contributed by atoms with Crippen molar-refractivity contribution in [3.8, 4) is 5.75 Å². The normalized spacial score (nSPS) is 16.0. The number of rotatable bonds is 4. The van der Waals surface area contributed by atoms with Gasteiger partial charge in [0.05, 0.1) is 36.0 Å². The maximum atomic E-state index is 12.9. The zero-order valence-corrected chi connectivity index (χ0v) is 15.2. The van der Waals surface area contributed by atoms with Crippen LogP contribution in [0.25, 0.3) is 0 Å². The lowest BCUT2D eigenvalue weighted by atomic mass is 10.3. The number of anilines is 1. The van der Waals surface area contributed by atoms with Crippen LogP contribution in [0.4, 0.5) is 10.3 Å². The summed E-state index contributed by atoms with van der Waals surface area (Å²) in [6.45, 7) is -0.293. The van der Waals surface area contributed by atoms with Gasteiger partial charge in [-0.2, -0.15) is 4.31 Å². The topological polar surface area (TPSA) is 92.7 Å². The Kier molecular flexibility index (Phi) is 5.08. The molecule has 11 heteroatoms. The molecule has 1 fully saturated rings. The predicted molar refractivity (Wildman–Crippen MR) is 91.1 cm³/mol. The molecular formula is C15H14ClFN4O4S. The Balaban J connectivity index is 1.80. The van der Waals surface area contributed by atoms with Crippen molar-refractivity contribution in [2.75, 3.05) is 31.6 Å². The molecule has 26 heavy (non-hydrogen) atoms. The number of nitrogens with zero attached hydrogens (tertiary/aromatic N) is 4. The van der Waals surface area contributed by atoms with E-state index < -0.39 is 21.7 Å². The van der Waals surface area contributed by atoms with Gasteiger partial charge in [-0.05, 0) is 18.2 Å². The monoisotopic (exact) mass is 400 g/mol. The molecule has 0 aliphatic carbocycles. The van der Waals surface area contributed by atoms with Crippen molar-refractivity contribution in [2.24, 2.45) is 0 Å². The summed E-state index contributed by atoms with van der Waals surface area (Å²) >= 11 is 5.99. The Hall–Kier alpha value is -2.30. The summed E-state index contributed by atoms with van der Waals surface area (Å²) in [6, 6.07) is 4.08. The second-order valence-electron chi connectivity index (χ2n) is 5.38. The van der Waals surface area contributed by atoms with Crippen LogP contribution in [0.15, 0.2) is 35.5 Å². The van der Waals surface area contributed by atoms with Gasteiger partial charge in [-0.15, -0.1) is 0 Å². The number of hydrogen-bond donors (Lipinski definition) is 0. The van der Waals surface area contributed by atoms with E-state index in [1.807, 2.05) is 0 Å². The van der Waals surface area contributed by atoms with E-state index in [1.54, 1.807) is 0 Å². The summed E-state index contributed by atoms with van der Waals surface area (Å²) in [4.78, 5) is 21.0. The third kappa shape index (κ3) is 3.48. The molecule has 2 heterocycles. The minimum atomic E-state index is -3.91. The van der Waals surface area contributed by atoms with Crippen molar-refractivity contribution in [1.29, 1.82) is 0 Å². The minimum absolute atomic E-state index is 0.0286. The number of hydrogen-bond acceptors (Lipinski definition) is 6. The molecule has 1 aliphatic heterocycles. The second-order valence-corrected chi connectivity index (χ2v) is 7.73. The van der Waals surface area contributed by atoms with Crippen molar-refractivity contribution >= 4 is 33.5 Å². The molecule has 138 valence electrons. The molecule has 8 nitrogen and oxygen atoms in total. The van der Waals surface area contributed by atoms with Crippen LogP contribution in [-0.2, 0) is 14.8 Å². The first-order valence-corrected chi connectivity index (χ1v) is 9.26. The highest BCUT2D eigenvalue weighted by Crippen LogP contribution is 2.29. The molecule has 0 unspecified atom stereocenters. The number of benzene rings is 1. The Morgan fingerprint density at radius 3 is 2.50 bits per heavy atom. The fourth-order valence-electron chi connectivity index (χ4n) is 2.47. The standard InChI is InChI=1S/C15H14ClFN4O4S/c1-25-13-3-2-11(6-12(13)16)26(23,24)20-4-5-21(14(22)9-20)15-18-7-10(17)8-19-15/h2-3,6-8H,4-5,9H2,1H3. The summed E-state index contributed by atoms with van der Waals surface area (Å²) in [5.41, 5.74) is 0. The first-order chi connectivity index (χ1) is 12.3. The van der Waals surface area contributed by atoms with E-state index in [-0.39, 0.29) is 35.5 Å². The molecule has 1 aromatic heterocycles. The molecule has 0 bridgehead atoms. The van der Waals surface area contributed by atoms with E-state index in [1.165, 1.54) is 30.2 Å². The molecule has 0 radical (unpaired) electrons. The molecule has 0 N–H and O–H groups in total. The number of aromatic nitrogens is 2. The van der Waals surface area contributed by atoms with Gasteiger partial charge in [0.25, 0.3) is 0 Å². The first-order valence-electron chi connectivity index (χ1n) is 7.44. The maximum absolute atomic E-state index is 12.9. The van der Waals surface area contributed by atoms with E-state index >= 15 is 0 Å². The van der Waals surface area contributed by atoms with Gasteiger partial charge in [-0.3, -0.25) is 9.69 Å². The summed E-state index contributed by atoms with van der Waals surface area (Å²) in [5, 5.41) is 0.151. The molecule has 1 saturated heterocycles. The van der Waals surface area contributed by atoms with E-state index in [4.69, 9.17) is 16.3 Å². The van der Waals surface area contributed by atoms with E-state index in [0.29, 0.717) is 5.75 Å². The maximum Gasteiger partial charge on any atom is 0.244 e. The van der Waals surface area contributed by atoms with Gasteiger partial charge in [0.2, 0.25) is 21.9 Å². The third-order valence-electron chi connectivity index (χ3n) is 3.79. The van der Waals surface area contributed by atoms with E-state index in [9.17, 15) is 17.6 Å². The van der Waals surface area contributed by atoms with Gasteiger partial charge in [-0.25, -0.2) is 22.8 Å². The number of piperazine rings is 1. The summed E-state index contributed by atoms with van der Waals surface area (Å²) in [7, 11) is -2.49. The van der Waals surface area contributed by atoms with E-state index in [2.05, 4.69) is 9.97 Å². The highest BCUT2D eigenvalue weighted by atomic mass is 35.5. The van der Waals surface area contributed by atoms with Gasteiger partial charge in [0.1, 0.15) is 5.75 Å². The Labute approximate surface area is 154 Å². The Bertz CT molecular complexity index is 939. The zero-order valence-electron chi connectivity index (χ0n) is 13.6. The highest BCUT2D eigenvalue weighted by Gasteiger charge is 2.34. The lowest BCUT2D eigenvalue weighted by molar-refractivity contribution is -0.120. The number of methoxy groups -OCH3 is 1. The summed E-state index contributed by atoms with van der Waals surface area (Å²) in [5.74, 6) is -0.759. The molecule has 1 amide bonds. The van der Waals surface area contributed by atoms with Gasteiger partial charge in [-0.1, -0.05) is 11.6 Å². The molecule has 1 aromatic carbocycles. The van der Waals surface area contributed by atoms with Crippen molar-refractivity contribution < 1.29 is 22.3 Å². The molecule has 2 aromatic rings. The van der Waals surface area contributed by atoms with Gasteiger partial charge < -0.3 is 4.74 Å².